The number of ether oxygens (including phenoxy) is 1. The third-order valence-electron chi connectivity index (χ3n) is 2.28. The first-order chi connectivity index (χ1) is 8.40. The number of aryl methyl sites for hydroxylation is 1. The van der Waals surface area contributed by atoms with Gasteiger partial charge in [-0.05, 0) is 19.9 Å². The minimum atomic E-state index is -0.903. The Morgan fingerprint density at radius 2 is 2.11 bits per heavy atom. The average molecular weight is 251 g/mol. The summed E-state index contributed by atoms with van der Waals surface area (Å²) >= 11 is 0. The highest BCUT2D eigenvalue weighted by Gasteiger charge is 2.11. The molecule has 5 N–H and O–H groups in total. The Morgan fingerprint density at radius 3 is 2.67 bits per heavy atom. The van der Waals surface area contributed by atoms with E-state index in [4.69, 9.17) is 16.2 Å². The molecular formula is C12H17N3O3. The summed E-state index contributed by atoms with van der Waals surface area (Å²) in [7, 11) is 0. The molecule has 1 atom stereocenters. The quantitative estimate of drug-likeness (QED) is 0.727. The number of urea groups is 1. The number of primary amides is 1. The Hall–Kier alpha value is -2.08. The van der Waals surface area contributed by atoms with E-state index in [1.54, 1.807) is 6.07 Å². The first kappa shape index (κ1) is 14.0. The highest BCUT2D eigenvalue weighted by Crippen LogP contribution is 2.24. The molecule has 1 aromatic carbocycles. The Kier molecular flexibility index (Phi) is 4.67. The lowest BCUT2D eigenvalue weighted by Gasteiger charge is -2.14. The average Bonchev–Trinajstić information content (AvgIpc) is 2.26. The van der Waals surface area contributed by atoms with Crippen LogP contribution >= 0.6 is 0 Å². The summed E-state index contributed by atoms with van der Waals surface area (Å²) < 4.78 is 5.32. The van der Waals surface area contributed by atoms with Gasteiger partial charge in [-0.1, -0.05) is 17.7 Å². The van der Waals surface area contributed by atoms with E-state index >= 15 is 0 Å². The van der Waals surface area contributed by atoms with Crippen molar-refractivity contribution in [3.05, 3.63) is 29.3 Å². The number of hydrogen-bond donors (Lipinski definition) is 3. The zero-order valence-electron chi connectivity index (χ0n) is 10.4. The van der Waals surface area contributed by atoms with Gasteiger partial charge >= 0.3 is 6.03 Å². The van der Waals surface area contributed by atoms with E-state index in [9.17, 15) is 9.59 Å². The van der Waals surface area contributed by atoms with Crippen LogP contribution in [0.3, 0.4) is 0 Å². The molecule has 0 aliphatic rings. The molecule has 3 amide bonds. The maximum absolute atomic E-state index is 11.2. The second kappa shape index (κ2) is 6.02. The van der Waals surface area contributed by atoms with Crippen molar-refractivity contribution in [2.24, 2.45) is 11.5 Å². The van der Waals surface area contributed by atoms with E-state index in [0.717, 1.165) is 11.1 Å². The van der Waals surface area contributed by atoms with Crippen LogP contribution in [0.15, 0.2) is 18.2 Å². The van der Waals surface area contributed by atoms with Crippen molar-refractivity contribution in [3.8, 4) is 5.75 Å². The number of nitrogens with two attached hydrogens (primary N) is 2. The second-order valence-corrected chi connectivity index (χ2v) is 4.03. The van der Waals surface area contributed by atoms with E-state index in [-0.39, 0.29) is 12.6 Å². The largest absolute Gasteiger partial charge is 0.483 e. The number of carbonyl (C=O) groups excluding carboxylic acids is 2. The fraction of sp³-hybridized carbons (Fsp3) is 0.333. The third-order valence-corrected chi connectivity index (χ3v) is 2.28. The van der Waals surface area contributed by atoms with Crippen molar-refractivity contribution < 1.29 is 14.3 Å². The summed E-state index contributed by atoms with van der Waals surface area (Å²) in [5.74, 6) is -0.0751. The molecule has 6 heteroatoms. The first-order valence-electron chi connectivity index (χ1n) is 5.48. The van der Waals surface area contributed by atoms with Gasteiger partial charge in [0, 0.05) is 11.6 Å². The predicted octanol–water partition coefficient (Wildman–Crippen LogP) is 0.588. The summed E-state index contributed by atoms with van der Waals surface area (Å²) in [6.07, 6.45) is 0. The number of nitrogens with one attached hydrogen (secondary N) is 1. The summed E-state index contributed by atoms with van der Waals surface area (Å²) in [6, 6.07) is 4.38. The summed E-state index contributed by atoms with van der Waals surface area (Å²) in [4.78, 5) is 21.7. The Labute approximate surface area is 105 Å². The van der Waals surface area contributed by atoms with Gasteiger partial charge in [-0.15, -0.1) is 0 Å². The molecule has 1 rings (SSSR count). The van der Waals surface area contributed by atoms with Gasteiger partial charge in [-0.2, -0.15) is 0 Å². The van der Waals surface area contributed by atoms with Gasteiger partial charge in [0.15, 0.2) is 6.61 Å². The molecule has 0 heterocycles. The minimum absolute atomic E-state index is 0.209. The molecule has 0 aromatic heterocycles. The summed E-state index contributed by atoms with van der Waals surface area (Å²) in [6.45, 7) is 3.48. The summed E-state index contributed by atoms with van der Waals surface area (Å²) in [5, 5.41) is 1.92. The van der Waals surface area contributed by atoms with E-state index in [2.05, 4.69) is 0 Å². The first-order valence-corrected chi connectivity index (χ1v) is 5.48. The van der Waals surface area contributed by atoms with Crippen LogP contribution in [0.4, 0.5) is 4.79 Å². The molecule has 18 heavy (non-hydrogen) atoms. The fourth-order valence-electron chi connectivity index (χ4n) is 1.47. The van der Waals surface area contributed by atoms with E-state index in [0.29, 0.717) is 5.75 Å². The fourth-order valence-corrected chi connectivity index (χ4v) is 1.47. The standard InChI is InChI=1S/C12H17N3O3/c1-7-3-4-10(9(5-7)8(2)13)18-6-11(16)15-12(14)17/h3-5,8H,6,13H2,1-2H3,(H3,14,15,16,17). The lowest BCUT2D eigenvalue weighted by atomic mass is 10.1. The smallest absolute Gasteiger partial charge is 0.318 e. The highest BCUT2D eigenvalue weighted by molar-refractivity contribution is 5.94. The number of imide groups is 1. The van der Waals surface area contributed by atoms with Crippen LogP contribution in [0.1, 0.15) is 24.1 Å². The van der Waals surface area contributed by atoms with Gasteiger partial charge in [-0.25, -0.2) is 4.79 Å². The zero-order valence-corrected chi connectivity index (χ0v) is 10.4. The molecule has 0 aliphatic carbocycles. The van der Waals surface area contributed by atoms with Crippen molar-refractivity contribution in [2.45, 2.75) is 19.9 Å². The molecule has 1 unspecified atom stereocenters. The van der Waals surface area contributed by atoms with Crippen LogP contribution in [-0.4, -0.2) is 18.5 Å². The SMILES string of the molecule is Cc1ccc(OCC(=O)NC(N)=O)c(C(C)N)c1. The third kappa shape index (κ3) is 4.06. The maximum Gasteiger partial charge on any atom is 0.318 e. The number of hydrogen-bond acceptors (Lipinski definition) is 4. The van der Waals surface area contributed by atoms with Crippen LogP contribution in [0.25, 0.3) is 0 Å². The number of amides is 3. The van der Waals surface area contributed by atoms with Gasteiger partial charge in [-0.3, -0.25) is 10.1 Å². The van der Waals surface area contributed by atoms with Crippen molar-refractivity contribution in [3.63, 3.8) is 0 Å². The molecule has 0 spiro atoms. The lowest BCUT2D eigenvalue weighted by Crippen LogP contribution is -2.38. The van der Waals surface area contributed by atoms with Crippen LogP contribution in [-0.2, 0) is 4.79 Å². The molecule has 1 aromatic rings. The second-order valence-electron chi connectivity index (χ2n) is 4.03. The lowest BCUT2D eigenvalue weighted by molar-refractivity contribution is -0.121. The summed E-state index contributed by atoms with van der Waals surface area (Å²) in [5.41, 5.74) is 12.5. The van der Waals surface area contributed by atoms with Crippen molar-refractivity contribution in [2.75, 3.05) is 6.61 Å². The molecule has 6 nitrogen and oxygen atoms in total. The monoisotopic (exact) mass is 251 g/mol. The Balaban J connectivity index is 2.72. The van der Waals surface area contributed by atoms with Gasteiger partial charge < -0.3 is 16.2 Å². The van der Waals surface area contributed by atoms with Gasteiger partial charge in [0.2, 0.25) is 0 Å². The highest BCUT2D eigenvalue weighted by atomic mass is 16.5. The molecule has 0 radical (unpaired) electrons. The van der Waals surface area contributed by atoms with E-state index in [1.807, 2.05) is 31.3 Å². The Bertz CT molecular complexity index is 458. The van der Waals surface area contributed by atoms with E-state index < -0.39 is 11.9 Å². The van der Waals surface area contributed by atoms with Gasteiger partial charge in [0.05, 0.1) is 0 Å². The van der Waals surface area contributed by atoms with Crippen LogP contribution in [0.2, 0.25) is 0 Å². The predicted molar refractivity (Wildman–Crippen MR) is 67.0 cm³/mol. The van der Waals surface area contributed by atoms with E-state index in [1.165, 1.54) is 0 Å². The molecule has 0 fully saturated rings. The van der Waals surface area contributed by atoms with Gasteiger partial charge in [0.25, 0.3) is 5.91 Å². The van der Waals surface area contributed by atoms with Crippen LogP contribution in [0, 0.1) is 6.92 Å². The van der Waals surface area contributed by atoms with Crippen molar-refractivity contribution in [1.29, 1.82) is 0 Å². The van der Waals surface area contributed by atoms with Crippen molar-refractivity contribution in [1.82, 2.24) is 5.32 Å². The normalized spacial score (nSPS) is 11.7. The van der Waals surface area contributed by atoms with Crippen molar-refractivity contribution >= 4 is 11.9 Å². The Morgan fingerprint density at radius 1 is 1.44 bits per heavy atom. The van der Waals surface area contributed by atoms with Gasteiger partial charge in [0.1, 0.15) is 5.75 Å². The number of carbonyl (C=O) groups is 2. The molecule has 0 saturated heterocycles. The van der Waals surface area contributed by atoms with Crippen LogP contribution in [0.5, 0.6) is 5.75 Å². The molecule has 0 saturated carbocycles. The maximum atomic E-state index is 11.2. The molecule has 0 aliphatic heterocycles. The molecule has 98 valence electrons. The topological polar surface area (TPSA) is 107 Å². The molecule has 0 bridgehead atoms. The zero-order chi connectivity index (χ0) is 13.7. The number of benzene rings is 1. The van der Waals surface area contributed by atoms with Crippen LogP contribution < -0.4 is 21.5 Å². The molecular weight excluding hydrogens is 234 g/mol. The minimum Gasteiger partial charge on any atom is -0.483 e. The number of rotatable bonds is 4.